The van der Waals surface area contributed by atoms with Crippen molar-refractivity contribution in [2.45, 2.75) is 17.5 Å². The largest absolute Gasteiger partial charge is 0.416 e. The van der Waals surface area contributed by atoms with Crippen molar-refractivity contribution in [3.05, 3.63) is 59.7 Å². The van der Waals surface area contributed by atoms with Crippen molar-refractivity contribution in [2.75, 3.05) is 51.0 Å². The van der Waals surface area contributed by atoms with Crippen molar-refractivity contribution in [1.29, 1.82) is 0 Å². The number of halogens is 3. The highest BCUT2D eigenvalue weighted by Gasteiger charge is 2.30. The second-order valence-electron chi connectivity index (χ2n) is 7.96. The molecule has 1 saturated heterocycles. The Bertz CT molecular complexity index is 1050. The minimum atomic E-state index is -4.58. The average Bonchev–Trinajstić information content (AvgIpc) is 2.77. The Morgan fingerprint density at radius 3 is 2.33 bits per heavy atom. The quantitative estimate of drug-likeness (QED) is 0.564. The highest BCUT2D eigenvalue weighted by atomic mass is 32.2. The van der Waals surface area contributed by atoms with Crippen LogP contribution in [0.4, 0.5) is 18.9 Å². The number of piperazine rings is 1. The SMILES string of the molecule is CN1CCN(CCCNC(=O)c2ccc(S(=O)(=O)Nc3cccc(C(F)(F)F)c3)cc2)CC1. The number of nitrogens with zero attached hydrogens (tertiary/aromatic N) is 2. The molecule has 0 aliphatic carbocycles. The molecule has 0 aromatic heterocycles. The maximum atomic E-state index is 12.8. The number of amides is 1. The fraction of sp³-hybridized carbons (Fsp3) is 0.409. The Morgan fingerprint density at radius 2 is 1.70 bits per heavy atom. The van der Waals surface area contributed by atoms with E-state index in [1.54, 1.807) is 0 Å². The molecule has 0 spiro atoms. The third-order valence-corrected chi connectivity index (χ3v) is 6.80. The summed E-state index contributed by atoms with van der Waals surface area (Å²) >= 11 is 0. The Morgan fingerprint density at radius 1 is 1.03 bits per heavy atom. The van der Waals surface area contributed by atoms with E-state index < -0.39 is 21.8 Å². The first-order chi connectivity index (χ1) is 15.5. The van der Waals surface area contributed by atoms with Crippen LogP contribution in [0.1, 0.15) is 22.3 Å². The number of hydrogen-bond acceptors (Lipinski definition) is 5. The van der Waals surface area contributed by atoms with Crippen molar-refractivity contribution in [2.24, 2.45) is 0 Å². The second-order valence-corrected chi connectivity index (χ2v) is 9.65. The van der Waals surface area contributed by atoms with Gasteiger partial charge >= 0.3 is 6.18 Å². The van der Waals surface area contributed by atoms with Gasteiger partial charge in [0, 0.05) is 44.0 Å². The lowest BCUT2D eigenvalue weighted by Gasteiger charge is -2.32. The summed E-state index contributed by atoms with van der Waals surface area (Å²) in [7, 11) is -2.02. The van der Waals surface area contributed by atoms with Crippen LogP contribution in [0, 0.1) is 0 Å². The Labute approximate surface area is 191 Å². The molecule has 1 fully saturated rings. The van der Waals surface area contributed by atoms with E-state index in [1.165, 1.54) is 30.3 Å². The van der Waals surface area contributed by atoms with E-state index in [1.807, 2.05) is 0 Å². The molecule has 2 aromatic rings. The number of benzene rings is 2. The summed E-state index contributed by atoms with van der Waals surface area (Å²) in [5.74, 6) is -0.317. The topological polar surface area (TPSA) is 81.8 Å². The molecule has 180 valence electrons. The molecule has 0 saturated carbocycles. The molecule has 1 heterocycles. The zero-order valence-corrected chi connectivity index (χ0v) is 19.0. The van der Waals surface area contributed by atoms with E-state index in [4.69, 9.17) is 0 Å². The van der Waals surface area contributed by atoms with Crippen LogP contribution in [0.15, 0.2) is 53.4 Å². The number of sulfonamides is 1. The molecule has 0 radical (unpaired) electrons. The van der Waals surface area contributed by atoms with Crippen LogP contribution < -0.4 is 10.0 Å². The molecule has 0 bridgehead atoms. The number of anilines is 1. The number of carbonyl (C=O) groups excluding carboxylic acids is 1. The first-order valence-corrected chi connectivity index (χ1v) is 12.0. The molecule has 33 heavy (non-hydrogen) atoms. The van der Waals surface area contributed by atoms with Gasteiger partial charge in [0.25, 0.3) is 15.9 Å². The number of carbonyl (C=O) groups is 1. The summed E-state index contributed by atoms with van der Waals surface area (Å²) in [5.41, 5.74) is -0.859. The number of hydrogen-bond donors (Lipinski definition) is 2. The molecular formula is C22H27F3N4O3S. The summed E-state index contributed by atoms with van der Waals surface area (Å²) < 4.78 is 65.7. The van der Waals surface area contributed by atoms with E-state index >= 15 is 0 Å². The molecule has 3 rings (SSSR count). The van der Waals surface area contributed by atoms with Crippen LogP contribution in [0.2, 0.25) is 0 Å². The molecule has 1 aliphatic heterocycles. The van der Waals surface area contributed by atoms with Crippen molar-refractivity contribution in [3.8, 4) is 0 Å². The zero-order valence-electron chi connectivity index (χ0n) is 18.2. The van der Waals surface area contributed by atoms with Crippen LogP contribution in [-0.2, 0) is 16.2 Å². The van der Waals surface area contributed by atoms with Crippen LogP contribution in [0.3, 0.4) is 0 Å². The second kappa shape index (κ2) is 10.5. The third-order valence-electron chi connectivity index (χ3n) is 5.40. The Hall–Kier alpha value is -2.63. The van der Waals surface area contributed by atoms with E-state index in [2.05, 4.69) is 26.9 Å². The van der Waals surface area contributed by atoms with Gasteiger partial charge < -0.3 is 15.1 Å². The number of rotatable bonds is 8. The lowest BCUT2D eigenvalue weighted by atomic mass is 10.2. The van der Waals surface area contributed by atoms with E-state index in [0.717, 1.165) is 57.3 Å². The molecule has 0 atom stereocenters. The predicted molar refractivity (Wildman–Crippen MR) is 120 cm³/mol. The van der Waals surface area contributed by atoms with Gasteiger partial charge in [-0.05, 0) is 62.5 Å². The fourth-order valence-electron chi connectivity index (χ4n) is 3.44. The first kappa shape index (κ1) is 25.0. The predicted octanol–water partition coefficient (Wildman–Crippen LogP) is 2.87. The third kappa shape index (κ3) is 7.18. The van der Waals surface area contributed by atoms with Gasteiger partial charge in [0.05, 0.1) is 10.5 Å². The molecular weight excluding hydrogens is 457 g/mol. The highest BCUT2D eigenvalue weighted by molar-refractivity contribution is 7.92. The van der Waals surface area contributed by atoms with Gasteiger partial charge in [0.1, 0.15) is 0 Å². The van der Waals surface area contributed by atoms with Gasteiger partial charge in [-0.1, -0.05) is 6.07 Å². The standard InChI is InChI=1S/C22H27F3N4O3S/c1-28-12-14-29(15-13-28)11-3-10-26-21(30)17-6-8-20(9-7-17)33(31,32)27-19-5-2-4-18(16-19)22(23,24)25/h2,4-9,16,27H,3,10-15H2,1H3,(H,26,30). The van der Waals surface area contributed by atoms with Gasteiger partial charge in [-0.2, -0.15) is 13.2 Å². The zero-order chi connectivity index (χ0) is 24.1. The minimum Gasteiger partial charge on any atom is -0.352 e. The van der Waals surface area contributed by atoms with Crippen LogP contribution >= 0.6 is 0 Å². The van der Waals surface area contributed by atoms with Crippen molar-refractivity contribution >= 4 is 21.6 Å². The van der Waals surface area contributed by atoms with Gasteiger partial charge in [0.2, 0.25) is 0 Å². The normalized spacial score (nSPS) is 15.9. The molecule has 0 unspecified atom stereocenters. The number of alkyl halides is 3. The summed E-state index contributed by atoms with van der Waals surface area (Å²) in [4.78, 5) is 16.8. The highest BCUT2D eigenvalue weighted by Crippen LogP contribution is 2.31. The van der Waals surface area contributed by atoms with Gasteiger partial charge in [0.15, 0.2) is 0 Å². The van der Waals surface area contributed by atoms with Gasteiger partial charge in [-0.15, -0.1) is 0 Å². The average molecular weight is 485 g/mol. The van der Waals surface area contributed by atoms with E-state index in [9.17, 15) is 26.4 Å². The summed E-state index contributed by atoms with van der Waals surface area (Å²) in [6, 6.07) is 9.17. The van der Waals surface area contributed by atoms with E-state index in [0.29, 0.717) is 12.1 Å². The monoisotopic (exact) mass is 484 g/mol. The maximum absolute atomic E-state index is 12.8. The van der Waals surface area contributed by atoms with Crippen LogP contribution in [0.5, 0.6) is 0 Å². The summed E-state index contributed by atoms with van der Waals surface area (Å²) in [6.07, 6.45) is -3.77. The molecule has 7 nitrogen and oxygen atoms in total. The number of nitrogens with one attached hydrogen (secondary N) is 2. The van der Waals surface area contributed by atoms with Gasteiger partial charge in [-0.25, -0.2) is 8.42 Å². The Balaban J connectivity index is 1.52. The molecule has 2 N–H and O–H groups in total. The van der Waals surface area contributed by atoms with E-state index in [-0.39, 0.29) is 16.5 Å². The van der Waals surface area contributed by atoms with Crippen LogP contribution in [0.25, 0.3) is 0 Å². The first-order valence-electron chi connectivity index (χ1n) is 10.5. The lowest BCUT2D eigenvalue weighted by molar-refractivity contribution is -0.137. The van der Waals surface area contributed by atoms with Crippen molar-refractivity contribution in [3.63, 3.8) is 0 Å². The van der Waals surface area contributed by atoms with Crippen molar-refractivity contribution in [1.82, 2.24) is 15.1 Å². The maximum Gasteiger partial charge on any atom is 0.416 e. The summed E-state index contributed by atoms with van der Waals surface area (Å²) in [5, 5.41) is 2.82. The molecule has 1 amide bonds. The number of likely N-dealkylation sites (N-methyl/N-ethyl adjacent to an activating group) is 1. The Kier molecular flexibility index (Phi) is 7.98. The van der Waals surface area contributed by atoms with Crippen LogP contribution in [-0.4, -0.2) is 70.4 Å². The van der Waals surface area contributed by atoms with Crippen molar-refractivity contribution < 1.29 is 26.4 Å². The lowest BCUT2D eigenvalue weighted by Crippen LogP contribution is -2.45. The fourth-order valence-corrected chi connectivity index (χ4v) is 4.49. The molecule has 2 aromatic carbocycles. The molecule has 11 heteroatoms. The van der Waals surface area contributed by atoms with Gasteiger partial charge in [-0.3, -0.25) is 9.52 Å². The smallest absolute Gasteiger partial charge is 0.352 e. The summed E-state index contributed by atoms with van der Waals surface area (Å²) in [6.45, 7) is 5.48. The minimum absolute atomic E-state index is 0.161. The molecule has 1 aliphatic rings.